The first-order chi connectivity index (χ1) is 6.83. The molecule has 0 aromatic rings. The van der Waals surface area contributed by atoms with Gasteiger partial charge in [-0.3, -0.25) is 0 Å². The van der Waals surface area contributed by atoms with E-state index < -0.39 is 6.09 Å². The van der Waals surface area contributed by atoms with Crippen molar-refractivity contribution in [1.82, 2.24) is 5.32 Å². The Morgan fingerprint density at radius 1 is 1.64 bits per heavy atom. The van der Waals surface area contributed by atoms with Crippen LogP contribution in [0, 0.1) is 0 Å². The summed E-state index contributed by atoms with van der Waals surface area (Å²) in [6, 6.07) is 0. The van der Waals surface area contributed by atoms with E-state index in [1.165, 1.54) is 0 Å². The van der Waals surface area contributed by atoms with Gasteiger partial charge in [0.1, 0.15) is 12.9 Å². The first kappa shape index (κ1) is 11.0. The largest absolute Gasteiger partial charge is 0.440 e. The summed E-state index contributed by atoms with van der Waals surface area (Å²) in [6.45, 7) is 3.43. The summed E-state index contributed by atoms with van der Waals surface area (Å²) in [6.07, 6.45) is 2.82. The molecule has 0 saturated carbocycles. The molecule has 5 heteroatoms. The van der Waals surface area contributed by atoms with Gasteiger partial charge in [0.25, 0.3) is 0 Å². The van der Waals surface area contributed by atoms with Gasteiger partial charge in [-0.1, -0.05) is 6.08 Å². The van der Waals surface area contributed by atoms with Crippen molar-refractivity contribution in [3.05, 3.63) is 12.2 Å². The van der Waals surface area contributed by atoms with E-state index in [1.54, 1.807) is 6.08 Å². The van der Waals surface area contributed by atoms with E-state index in [1.807, 2.05) is 13.0 Å². The quantitative estimate of drug-likeness (QED) is 0.667. The van der Waals surface area contributed by atoms with Crippen molar-refractivity contribution in [2.45, 2.75) is 13.0 Å². The topological polar surface area (TPSA) is 56.8 Å². The molecule has 1 unspecified atom stereocenters. The molecule has 0 aliphatic carbocycles. The summed E-state index contributed by atoms with van der Waals surface area (Å²) < 4.78 is 15.1. The summed E-state index contributed by atoms with van der Waals surface area (Å²) in [5.41, 5.74) is 0. The summed E-state index contributed by atoms with van der Waals surface area (Å²) >= 11 is 0. The maximum atomic E-state index is 11.1. The van der Waals surface area contributed by atoms with Crippen LogP contribution in [0.4, 0.5) is 4.79 Å². The maximum absolute atomic E-state index is 11.1. The highest BCUT2D eigenvalue weighted by molar-refractivity contribution is 5.67. The minimum Gasteiger partial charge on any atom is -0.440 e. The molecule has 1 heterocycles. The number of rotatable bonds is 2. The maximum Gasteiger partial charge on any atom is 0.407 e. The van der Waals surface area contributed by atoms with Crippen molar-refractivity contribution in [2.24, 2.45) is 0 Å². The molecule has 1 aliphatic rings. The zero-order valence-corrected chi connectivity index (χ0v) is 8.19. The second-order valence-electron chi connectivity index (χ2n) is 2.76. The van der Waals surface area contributed by atoms with Gasteiger partial charge in [-0.15, -0.1) is 0 Å². The number of hydrogen-bond donors (Lipinski definition) is 1. The molecule has 1 rings (SSSR count). The van der Waals surface area contributed by atoms with Crippen LogP contribution in [-0.2, 0) is 14.2 Å². The summed E-state index contributed by atoms with van der Waals surface area (Å²) in [4.78, 5) is 11.1. The van der Waals surface area contributed by atoms with Gasteiger partial charge in [-0.05, 0) is 13.0 Å². The molecule has 0 radical (unpaired) electrons. The van der Waals surface area contributed by atoms with Gasteiger partial charge < -0.3 is 19.5 Å². The van der Waals surface area contributed by atoms with Gasteiger partial charge in [-0.2, -0.15) is 0 Å². The van der Waals surface area contributed by atoms with Crippen LogP contribution < -0.4 is 5.32 Å². The third-order valence-electron chi connectivity index (χ3n) is 1.59. The highest BCUT2D eigenvalue weighted by Gasteiger charge is 2.11. The lowest BCUT2D eigenvalue weighted by molar-refractivity contribution is -0.0702. The SMILES string of the molecule is CCNC(=O)OC1/C=C/COCOC1. The van der Waals surface area contributed by atoms with Crippen LogP contribution in [0.15, 0.2) is 12.2 Å². The van der Waals surface area contributed by atoms with Crippen molar-refractivity contribution >= 4 is 6.09 Å². The highest BCUT2D eigenvalue weighted by Crippen LogP contribution is 2.00. The third-order valence-corrected chi connectivity index (χ3v) is 1.59. The van der Waals surface area contributed by atoms with Crippen molar-refractivity contribution in [3.8, 4) is 0 Å². The van der Waals surface area contributed by atoms with Crippen molar-refractivity contribution in [3.63, 3.8) is 0 Å². The first-order valence-corrected chi connectivity index (χ1v) is 4.59. The number of amides is 1. The summed E-state index contributed by atoms with van der Waals surface area (Å²) in [5, 5.41) is 2.55. The van der Waals surface area contributed by atoms with Crippen LogP contribution in [0.3, 0.4) is 0 Å². The first-order valence-electron chi connectivity index (χ1n) is 4.59. The number of hydrogen-bond acceptors (Lipinski definition) is 4. The zero-order valence-electron chi connectivity index (χ0n) is 8.19. The Morgan fingerprint density at radius 2 is 2.50 bits per heavy atom. The van der Waals surface area contributed by atoms with Crippen molar-refractivity contribution < 1.29 is 19.0 Å². The molecular weight excluding hydrogens is 186 g/mol. The van der Waals surface area contributed by atoms with Crippen LogP contribution in [0.5, 0.6) is 0 Å². The highest BCUT2D eigenvalue weighted by atomic mass is 16.7. The fraction of sp³-hybridized carbons (Fsp3) is 0.667. The van der Waals surface area contributed by atoms with Gasteiger partial charge in [0.2, 0.25) is 0 Å². The number of carbonyl (C=O) groups is 1. The molecule has 80 valence electrons. The lowest BCUT2D eigenvalue weighted by atomic mass is 10.3. The molecule has 1 atom stereocenters. The van der Waals surface area contributed by atoms with Gasteiger partial charge in [0.05, 0.1) is 13.2 Å². The monoisotopic (exact) mass is 201 g/mol. The molecule has 14 heavy (non-hydrogen) atoms. The van der Waals surface area contributed by atoms with E-state index in [4.69, 9.17) is 14.2 Å². The Hall–Kier alpha value is -1.07. The van der Waals surface area contributed by atoms with Crippen LogP contribution in [0.2, 0.25) is 0 Å². The Morgan fingerprint density at radius 3 is 3.29 bits per heavy atom. The van der Waals surface area contributed by atoms with E-state index >= 15 is 0 Å². The average Bonchev–Trinajstić information content (AvgIpc) is 2.10. The van der Waals surface area contributed by atoms with Crippen LogP contribution in [0.1, 0.15) is 6.92 Å². The summed E-state index contributed by atoms with van der Waals surface area (Å²) in [5.74, 6) is 0. The molecule has 0 saturated heterocycles. The summed E-state index contributed by atoms with van der Waals surface area (Å²) in [7, 11) is 0. The molecule has 0 aromatic carbocycles. The van der Waals surface area contributed by atoms with Gasteiger partial charge in [0, 0.05) is 6.54 Å². The van der Waals surface area contributed by atoms with E-state index in [0.29, 0.717) is 19.8 Å². The zero-order chi connectivity index (χ0) is 10.2. The van der Waals surface area contributed by atoms with E-state index in [2.05, 4.69) is 5.32 Å². The van der Waals surface area contributed by atoms with Crippen LogP contribution >= 0.6 is 0 Å². The lowest BCUT2D eigenvalue weighted by Gasteiger charge is -2.16. The molecule has 1 aliphatic heterocycles. The molecule has 0 aromatic heterocycles. The fourth-order valence-corrected chi connectivity index (χ4v) is 0.999. The minimum absolute atomic E-state index is 0.236. The van der Waals surface area contributed by atoms with Crippen LogP contribution in [0.25, 0.3) is 0 Å². The van der Waals surface area contributed by atoms with Gasteiger partial charge >= 0.3 is 6.09 Å². The Labute approximate surface area is 83.0 Å². The fourth-order valence-electron chi connectivity index (χ4n) is 0.999. The van der Waals surface area contributed by atoms with Gasteiger partial charge in [0.15, 0.2) is 0 Å². The number of nitrogens with one attached hydrogen (secondary N) is 1. The number of carbonyl (C=O) groups excluding carboxylic acids is 1. The molecule has 0 fully saturated rings. The van der Waals surface area contributed by atoms with Crippen molar-refractivity contribution in [2.75, 3.05) is 26.6 Å². The molecule has 1 N–H and O–H groups in total. The molecule has 0 spiro atoms. The number of ether oxygens (including phenoxy) is 3. The Bertz CT molecular complexity index is 205. The predicted octanol–water partition coefficient (Wildman–Crippen LogP) is 0.662. The normalized spacial score (nSPS) is 24.5. The molecule has 5 nitrogen and oxygen atoms in total. The average molecular weight is 201 g/mol. The molecule has 1 amide bonds. The van der Waals surface area contributed by atoms with Crippen LogP contribution in [-0.4, -0.2) is 38.7 Å². The Kier molecular flexibility index (Phi) is 5.03. The van der Waals surface area contributed by atoms with Gasteiger partial charge in [-0.25, -0.2) is 4.79 Å². The Balaban J connectivity index is 2.33. The second kappa shape index (κ2) is 6.39. The number of alkyl carbamates (subject to hydrolysis) is 1. The third kappa shape index (κ3) is 4.25. The predicted molar refractivity (Wildman–Crippen MR) is 49.9 cm³/mol. The molecular formula is C9H15NO4. The minimum atomic E-state index is -0.424. The lowest BCUT2D eigenvalue weighted by Crippen LogP contribution is -2.31. The van der Waals surface area contributed by atoms with Crippen molar-refractivity contribution in [1.29, 1.82) is 0 Å². The van der Waals surface area contributed by atoms with E-state index in [0.717, 1.165) is 0 Å². The smallest absolute Gasteiger partial charge is 0.407 e. The molecule has 0 bridgehead atoms. The standard InChI is InChI=1S/C9H15NO4/c1-2-10-9(11)14-8-4-3-5-12-7-13-6-8/h3-4,8H,2,5-7H2,1H3,(H,10,11)/b4-3+. The second-order valence-corrected chi connectivity index (χ2v) is 2.76. The van der Waals surface area contributed by atoms with E-state index in [-0.39, 0.29) is 12.9 Å². The van der Waals surface area contributed by atoms with E-state index in [9.17, 15) is 4.79 Å².